The SMILES string of the molecule is COc1c(N)c(N=C=O)c(OC)c(N=C=O)c1N=C=O. The topological polar surface area (TPSA) is 133 Å². The molecule has 0 radical (unpaired) electrons. The molecule has 0 amide bonds. The molecule has 0 aliphatic carbocycles. The van der Waals surface area contributed by atoms with Crippen molar-refractivity contribution in [1.82, 2.24) is 0 Å². The largest absolute Gasteiger partial charge is 0.492 e. The molecule has 0 aliphatic rings. The average molecular weight is 276 g/mol. The normalized spacial score (nSPS) is 8.70. The van der Waals surface area contributed by atoms with E-state index in [4.69, 9.17) is 15.2 Å². The van der Waals surface area contributed by atoms with Crippen LogP contribution in [-0.2, 0) is 14.4 Å². The molecule has 0 spiro atoms. The van der Waals surface area contributed by atoms with Gasteiger partial charge in [0, 0.05) is 0 Å². The average Bonchev–Trinajstić information content (AvgIpc) is 2.44. The Kier molecular flexibility index (Phi) is 4.91. The highest BCUT2D eigenvalue weighted by atomic mass is 16.5. The van der Waals surface area contributed by atoms with Gasteiger partial charge in [0.05, 0.1) is 14.2 Å². The first-order chi connectivity index (χ1) is 9.65. The van der Waals surface area contributed by atoms with Crippen LogP contribution in [0.2, 0.25) is 0 Å². The summed E-state index contributed by atoms with van der Waals surface area (Å²) < 4.78 is 9.95. The Morgan fingerprint density at radius 1 is 0.800 bits per heavy atom. The molecule has 0 saturated carbocycles. The van der Waals surface area contributed by atoms with E-state index in [1.165, 1.54) is 32.5 Å². The van der Waals surface area contributed by atoms with Gasteiger partial charge in [-0.25, -0.2) is 14.4 Å². The van der Waals surface area contributed by atoms with Crippen molar-refractivity contribution in [2.45, 2.75) is 0 Å². The van der Waals surface area contributed by atoms with E-state index in [0.29, 0.717) is 0 Å². The summed E-state index contributed by atoms with van der Waals surface area (Å²) in [7, 11) is 2.47. The third kappa shape index (κ3) is 2.45. The number of hydrogen-bond acceptors (Lipinski definition) is 9. The molecule has 0 unspecified atom stereocenters. The van der Waals surface area contributed by atoms with Gasteiger partial charge in [0.25, 0.3) is 0 Å². The zero-order valence-electron chi connectivity index (χ0n) is 10.5. The Morgan fingerprint density at radius 3 is 1.60 bits per heavy atom. The maximum absolute atomic E-state index is 10.5. The van der Waals surface area contributed by atoms with Crippen LogP contribution in [0.3, 0.4) is 0 Å². The van der Waals surface area contributed by atoms with Crippen LogP contribution in [0.1, 0.15) is 0 Å². The van der Waals surface area contributed by atoms with Crippen molar-refractivity contribution in [3.8, 4) is 11.5 Å². The van der Waals surface area contributed by atoms with Gasteiger partial charge >= 0.3 is 0 Å². The Bertz CT molecular complexity index is 681. The molecular weight excluding hydrogens is 268 g/mol. The molecule has 0 aromatic heterocycles. The number of anilines is 1. The number of nitrogen functional groups attached to an aromatic ring is 1. The Balaban J connectivity index is 4.03. The minimum atomic E-state index is -0.217. The monoisotopic (exact) mass is 276 g/mol. The van der Waals surface area contributed by atoms with Crippen LogP contribution in [-0.4, -0.2) is 32.5 Å². The molecule has 102 valence electrons. The lowest BCUT2D eigenvalue weighted by molar-refractivity contribution is 0.408. The highest BCUT2D eigenvalue weighted by Crippen LogP contribution is 2.54. The summed E-state index contributed by atoms with van der Waals surface area (Å²) in [6.45, 7) is 0. The van der Waals surface area contributed by atoms with Gasteiger partial charge in [-0.3, -0.25) is 0 Å². The van der Waals surface area contributed by atoms with Crippen molar-refractivity contribution in [3.05, 3.63) is 0 Å². The number of benzene rings is 1. The molecular formula is C11H8N4O5. The first kappa shape index (κ1) is 14.8. The molecule has 0 atom stereocenters. The fraction of sp³-hybridized carbons (Fsp3) is 0.182. The maximum atomic E-state index is 10.5. The van der Waals surface area contributed by atoms with Crippen molar-refractivity contribution in [2.75, 3.05) is 20.0 Å². The maximum Gasteiger partial charge on any atom is 0.240 e. The van der Waals surface area contributed by atoms with Crippen LogP contribution in [0, 0.1) is 0 Å². The first-order valence-corrected chi connectivity index (χ1v) is 4.97. The van der Waals surface area contributed by atoms with Crippen LogP contribution in [0.15, 0.2) is 15.0 Å². The third-order valence-electron chi connectivity index (χ3n) is 2.25. The number of hydrogen-bond donors (Lipinski definition) is 1. The molecule has 20 heavy (non-hydrogen) atoms. The van der Waals surface area contributed by atoms with E-state index >= 15 is 0 Å². The molecule has 0 aliphatic heterocycles. The van der Waals surface area contributed by atoms with Gasteiger partial charge in [-0.1, -0.05) is 0 Å². The van der Waals surface area contributed by atoms with Crippen LogP contribution < -0.4 is 15.2 Å². The number of rotatable bonds is 5. The standard InChI is InChI=1S/C11H8N4O5/c1-19-10-6(12)7(13-3-16)11(20-2)9(15-5-18)8(10)14-4-17/h12H2,1-2H3. The number of carbonyl (C=O) groups excluding carboxylic acids is 3. The van der Waals surface area contributed by atoms with Gasteiger partial charge in [-0.2, -0.15) is 15.0 Å². The third-order valence-corrected chi connectivity index (χ3v) is 2.25. The van der Waals surface area contributed by atoms with E-state index in [2.05, 4.69) is 15.0 Å². The minimum absolute atomic E-state index is 0.114. The lowest BCUT2D eigenvalue weighted by Crippen LogP contribution is -1.97. The van der Waals surface area contributed by atoms with E-state index in [1.54, 1.807) is 0 Å². The van der Waals surface area contributed by atoms with Crippen molar-refractivity contribution < 1.29 is 23.9 Å². The summed E-state index contributed by atoms with van der Waals surface area (Å²) in [6, 6.07) is 0. The van der Waals surface area contributed by atoms with Crippen molar-refractivity contribution >= 4 is 41.0 Å². The fourth-order valence-corrected chi connectivity index (χ4v) is 1.54. The van der Waals surface area contributed by atoms with Gasteiger partial charge in [0.1, 0.15) is 11.4 Å². The lowest BCUT2D eigenvalue weighted by Gasteiger charge is -2.14. The lowest BCUT2D eigenvalue weighted by atomic mass is 10.1. The van der Waals surface area contributed by atoms with Crippen molar-refractivity contribution in [3.63, 3.8) is 0 Å². The molecule has 0 saturated heterocycles. The molecule has 9 heteroatoms. The van der Waals surface area contributed by atoms with E-state index in [-0.39, 0.29) is 34.2 Å². The fourth-order valence-electron chi connectivity index (χ4n) is 1.54. The zero-order valence-corrected chi connectivity index (χ0v) is 10.5. The molecule has 1 aromatic carbocycles. The molecule has 0 fully saturated rings. The van der Waals surface area contributed by atoms with Crippen LogP contribution in [0.25, 0.3) is 0 Å². The minimum Gasteiger partial charge on any atom is -0.492 e. The quantitative estimate of drug-likeness (QED) is 0.487. The summed E-state index contributed by atoms with van der Waals surface area (Å²) in [5, 5.41) is 0. The molecule has 1 aromatic rings. The first-order valence-electron chi connectivity index (χ1n) is 4.97. The van der Waals surface area contributed by atoms with Crippen LogP contribution >= 0.6 is 0 Å². The second-order valence-electron chi connectivity index (χ2n) is 3.14. The van der Waals surface area contributed by atoms with Crippen molar-refractivity contribution in [1.29, 1.82) is 0 Å². The van der Waals surface area contributed by atoms with E-state index in [1.807, 2.05) is 0 Å². The summed E-state index contributed by atoms with van der Waals surface area (Å²) >= 11 is 0. The molecule has 2 N–H and O–H groups in total. The number of nitrogens with two attached hydrogens (primary N) is 1. The molecule has 0 bridgehead atoms. The van der Waals surface area contributed by atoms with E-state index < -0.39 is 0 Å². The van der Waals surface area contributed by atoms with Crippen LogP contribution in [0.5, 0.6) is 11.5 Å². The highest BCUT2D eigenvalue weighted by molar-refractivity contribution is 5.95. The number of ether oxygens (including phenoxy) is 2. The number of methoxy groups -OCH3 is 2. The summed E-state index contributed by atoms with van der Waals surface area (Å²) in [4.78, 5) is 41.5. The second-order valence-corrected chi connectivity index (χ2v) is 3.14. The predicted octanol–water partition coefficient (Wildman–Crippen LogP) is 1.19. The zero-order chi connectivity index (χ0) is 15.1. The molecule has 1 rings (SSSR count). The Labute approximate surface area is 112 Å². The smallest absolute Gasteiger partial charge is 0.240 e. The molecule has 0 heterocycles. The van der Waals surface area contributed by atoms with E-state index in [0.717, 1.165) is 0 Å². The van der Waals surface area contributed by atoms with Gasteiger partial charge in [0.15, 0.2) is 22.9 Å². The van der Waals surface area contributed by atoms with E-state index in [9.17, 15) is 14.4 Å². The molecule has 9 nitrogen and oxygen atoms in total. The summed E-state index contributed by atoms with van der Waals surface area (Å²) in [5.74, 6) is -0.263. The van der Waals surface area contributed by atoms with Gasteiger partial charge in [0.2, 0.25) is 18.2 Å². The van der Waals surface area contributed by atoms with Gasteiger partial charge in [-0.05, 0) is 0 Å². The van der Waals surface area contributed by atoms with Crippen LogP contribution in [0.4, 0.5) is 22.7 Å². The second kappa shape index (κ2) is 6.63. The number of isocyanates is 3. The Hall–Kier alpha value is -3.24. The highest BCUT2D eigenvalue weighted by Gasteiger charge is 2.24. The van der Waals surface area contributed by atoms with Gasteiger partial charge in [-0.15, -0.1) is 0 Å². The van der Waals surface area contributed by atoms with Gasteiger partial charge < -0.3 is 15.2 Å². The number of aliphatic imine (C=N–C) groups is 3. The van der Waals surface area contributed by atoms with Crippen molar-refractivity contribution in [2.24, 2.45) is 15.0 Å². The summed E-state index contributed by atoms with van der Waals surface area (Å²) in [6.07, 6.45) is 3.82. The number of nitrogens with zero attached hydrogens (tertiary/aromatic N) is 3. The summed E-state index contributed by atoms with van der Waals surface area (Å²) in [5.41, 5.74) is 5.05. The Morgan fingerprint density at radius 2 is 1.20 bits per heavy atom. The predicted molar refractivity (Wildman–Crippen MR) is 67.3 cm³/mol.